The van der Waals surface area contributed by atoms with Crippen LogP contribution in [0.5, 0.6) is 0 Å². The molecule has 1 aromatic rings. The van der Waals surface area contributed by atoms with Crippen LogP contribution >= 0.6 is 12.4 Å². The zero-order chi connectivity index (χ0) is 10.8. The molecule has 1 atom stereocenters. The van der Waals surface area contributed by atoms with Gasteiger partial charge >= 0.3 is 6.09 Å². The molecule has 1 aliphatic heterocycles. The molecule has 5 heteroatoms. The summed E-state index contributed by atoms with van der Waals surface area (Å²) >= 11 is 0. The smallest absolute Gasteiger partial charge is 0.414 e. The van der Waals surface area contributed by atoms with Crippen LogP contribution in [-0.2, 0) is 4.74 Å². The van der Waals surface area contributed by atoms with Crippen molar-refractivity contribution in [3.8, 4) is 0 Å². The van der Waals surface area contributed by atoms with Gasteiger partial charge in [-0.25, -0.2) is 4.79 Å². The summed E-state index contributed by atoms with van der Waals surface area (Å²) in [6.45, 7) is 3.02. The van der Waals surface area contributed by atoms with Crippen LogP contribution in [-0.4, -0.2) is 19.2 Å². The van der Waals surface area contributed by atoms with Crippen molar-refractivity contribution in [1.29, 1.82) is 0 Å². The highest BCUT2D eigenvalue weighted by Gasteiger charge is 2.23. The average molecular weight is 243 g/mol. The summed E-state index contributed by atoms with van der Waals surface area (Å²) in [5.74, 6) is 0. The lowest BCUT2D eigenvalue weighted by atomic mass is 10.1. The zero-order valence-corrected chi connectivity index (χ0v) is 9.87. The quantitative estimate of drug-likeness (QED) is 0.864. The lowest BCUT2D eigenvalue weighted by Crippen LogP contribution is -2.23. The highest BCUT2D eigenvalue weighted by Crippen LogP contribution is 2.20. The summed E-state index contributed by atoms with van der Waals surface area (Å²) in [4.78, 5) is 12.9. The number of benzene rings is 1. The van der Waals surface area contributed by atoms with Gasteiger partial charge in [-0.05, 0) is 24.6 Å². The minimum atomic E-state index is -0.274. The summed E-state index contributed by atoms with van der Waals surface area (Å²) in [7, 11) is 0. The number of hydrogen-bond donors (Lipinski definition) is 1. The maximum Gasteiger partial charge on any atom is 0.414 e. The van der Waals surface area contributed by atoms with Crippen molar-refractivity contribution in [3.63, 3.8) is 0 Å². The first kappa shape index (κ1) is 12.8. The van der Waals surface area contributed by atoms with Crippen LogP contribution in [0.3, 0.4) is 0 Å². The van der Waals surface area contributed by atoms with Crippen molar-refractivity contribution in [2.75, 3.05) is 18.1 Å². The van der Waals surface area contributed by atoms with E-state index in [0.29, 0.717) is 13.2 Å². The molecule has 0 radical (unpaired) electrons. The third-order valence-corrected chi connectivity index (χ3v) is 2.49. The lowest BCUT2D eigenvalue weighted by molar-refractivity contribution is 0.181. The van der Waals surface area contributed by atoms with E-state index in [0.717, 1.165) is 11.3 Å². The third kappa shape index (κ3) is 2.46. The van der Waals surface area contributed by atoms with E-state index in [4.69, 9.17) is 10.5 Å². The fraction of sp³-hybridized carbons (Fsp3) is 0.364. The van der Waals surface area contributed by atoms with E-state index in [1.807, 2.05) is 31.2 Å². The largest absolute Gasteiger partial charge is 0.447 e. The Morgan fingerprint density at radius 3 is 2.44 bits per heavy atom. The minimum absolute atomic E-state index is 0. The van der Waals surface area contributed by atoms with Crippen molar-refractivity contribution in [1.82, 2.24) is 0 Å². The number of nitrogens with zero attached hydrogens (tertiary/aromatic N) is 1. The van der Waals surface area contributed by atoms with Crippen molar-refractivity contribution >= 4 is 24.2 Å². The van der Waals surface area contributed by atoms with Crippen LogP contribution in [0.15, 0.2) is 24.3 Å². The van der Waals surface area contributed by atoms with Gasteiger partial charge in [-0.2, -0.15) is 0 Å². The predicted molar refractivity (Wildman–Crippen MR) is 65.0 cm³/mol. The summed E-state index contributed by atoms with van der Waals surface area (Å²) < 4.78 is 4.86. The van der Waals surface area contributed by atoms with Crippen molar-refractivity contribution in [2.24, 2.45) is 5.73 Å². The molecule has 1 aliphatic rings. The third-order valence-electron chi connectivity index (χ3n) is 2.49. The number of ether oxygens (including phenoxy) is 1. The molecule has 1 aromatic carbocycles. The fourth-order valence-corrected chi connectivity index (χ4v) is 1.59. The normalized spacial score (nSPS) is 16.6. The van der Waals surface area contributed by atoms with Crippen LogP contribution in [0.4, 0.5) is 10.5 Å². The monoisotopic (exact) mass is 242 g/mol. The first-order valence-corrected chi connectivity index (χ1v) is 4.98. The lowest BCUT2D eigenvalue weighted by Gasteiger charge is -2.13. The summed E-state index contributed by atoms with van der Waals surface area (Å²) in [6.07, 6.45) is -0.274. The number of carbonyl (C=O) groups is 1. The molecule has 0 aromatic heterocycles. The standard InChI is InChI=1S/C11H14N2O2.ClH/c1-8(12)9-2-4-10(5-3-9)13-6-7-15-11(13)14;/h2-5,8H,6-7,12H2,1H3;1H. The van der Waals surface area contributed by atoms with Gasteiger partial charge < -0.3 is 10.5 Å². The maximum absolute atomic E-state index is 11.3. The topological polar surface area (TPSA) is 55.6 Å². The Kier molecular flexibility index (Phi) is 4.15. The van der Waals surface area contributed by atoms with E-state index in [1.165, 1.54) is 0 Å². The molecule has 88 valence electrons. The maximum atomic E-state index is 11.3. The molecule has 16 heavy (non-hydrogen) atoms. The summed E-state index contributed by atoms with van der Waals surface area (Å²) in [5.41, 5.74) is 7.66. The molecule has 1 saturated heterocycles. The molecule has 0 aliphatic carbocycles. The molecular formula is C11H15ClN2O2. The van der Waals surface area contributed by atoms with Gasteiger partial charge in [0.15, 0.2) is 0 Å². The van der Waals surface area contributed by atoms with Crippen molar-refractivity contribution in [3.05, 3.63) is 29.8 Å². The summed E-state index contributed by atoms with van der Waals surface area (Å²) in [6, 6.07) is 7.68. The molecule has 1 fully saturated rings. The fourth-order valence-electron chi connectivity index (χ4n) is 1.59. The van der Waals surface area contributed by atoms with Crippen LogP contribution in [0.2, 0.25) is 0 Å². The van der Waals surface area contributed by atoms with E-state index < -0.39 is 0 Å². The Labute approximate surface area is 101 Å². The Bertz CT molecular complexity index is 365. The Morgan fingerprint density at radius 1 is 1.38 bits per heavy atom. The molecule has 0 spiro atoms. The number of hydrogen-bond acceptors (Lipinski definition) is 3. The first-order chi connectivity index (χ1) is 7.18. The second-order valence-electron chi connectivity index (χ2n) is 3.65. The van der Waals surface area contributed by atoms with Crippen LogP contribution < -0.4 is 10.6 Å². The van der Waals surface area contributed by atoms with Gasteiger partial charge in [0.2, 0.25) is 0 Å². The predicted octanol–water partition coefficient (Wildman–Crippen LogP) is 2.08. The van der Waals surface area contributed by atoms with Gasteiger partial charge in [0.1, 0.15) is 6.61 Å². The van der Waals surface area contributed by atoms with Crippen LogP contribution in [0.25, 0.3) is 0 Å². The van der Waals surface area contributed by atoms with Crippen molar-refractivity contribution < 1.29 is 9.53 Å². The van der Waals surface area contributed by atoms with E-state index >= 15 is 0 Å². The number of halogens is 1. The number of rotatable bonds is 2. The van der Waals surface area contributed by atoms with Gasteiger partial charge in [-0.1, -0.05) is 12.1 Å². The van der Waals surface area contributed by atoms with Gasteiger partial charge in [-0.15, -0.1) is 12.4 Å². The molecule has 1 unspecified atom stereocenters. The first-order valence-electron chi connectivity index (χ1n) is 4.98. The average Bonchev–Trinajstić information content (AvgIpc) is 2.65. The highest BCUT2D eigenvalue weighted by atomic mass is 35.5. The van der Waals surface area contributed by atoms with Gasteiger partial charge in [-0.3, -0.25) is 4.90 Å². The molecule has 0 saturated carbocycles. The number of nitrogens with two attached hydrogens (primary N) is 1. The number of carbonyl (C=O) groups excluding carboxylic acids is 1. The summed E-state index contributed by atoms with van der Waals surface area (Å²) in [5, 5.41) is 0. The van der Waals surface area contributed by atoms with Gasteiger partial charge in [0.05, 0.1) is 6.54 Å². The Hall–Kier alpha value is -1.26. The minimum Gasteiger partial charge on any atom is -0.447 e. The molecule has 2 N–H and O–H groups in total. The molecule has 0 bridgehead atoms. The number of anilines is 1. The Morgan fingerprint density at radius 2 is 2.00 bits per heavy atom. The van der Waals surface area contributed by atoms with Gasteiger partial charge in [0.25, 0.3) is 0 Å². The van der Waals surface area contributed by atoms with E-state index in [2.05, 4.69) is 0 Å². The second kappa shape index (κ2) is 5.18. The SMILES string of the molecule is CC(N)c1ccc(N2CCOC2=O)cc1.Cl. The van der Waals surface area contributed by atoms with E-state index in [1.54, 1.807) is 4.90 Å². The zero-order valence-electron chi connectivity index (χ0n) is 9.05. The number of amides is 1. The molecule has 1 amide bonds. The highest BCUT2D eigenvalue weighted by molar-refractivity contribution is 5.89. The van der Waals surface area contributed by atoms with E-state index in [9.17, 15) is 4.79 Å². The Balaban J connectivity index is 0.00000128. The second-order valence-corrected chi connectivity index (χ2v) is 3.65. The molecule has 1 heterocycles. The molecular weight excluding hydrogens is 228 g/mol. The number of cyclic esters (lactones) is 1. The van der Waals surface area contributed by atoms with Crippen LogP contribution in [0, 0.1) is 0 Å². The molecule has 2 rings (SSSR count). The van der Waals surface area contributed by atoms with Crippen molar-refractivity contribution in [2.45, 2.75) is 13.0 Å². The van der Waals surface area contributed by atoms with E-state index in [-0.39, 0.29) is 24.5 Å². The molecule has 4 nitrogen and oxygen atoms in total. The van der Waals surface area contributed by atoms with Crippen LogP contribution in [0.1, 0.15) is 18.5 Å². The van der Waals surface area contributed by atoms with Gasteiger partial charge in [0, 0.05) is 11.7 Å².